The van der Waals surface area contributed by atoms with Crippen LogP contribution in [0.5, 0.6) is 0 Å². The molecule has 0 N–H and O–H groups in total. The summed E-state index contributed by atoms with van der Waals surface area (Å²) in [6.07, 6.45) is 4.09. The molecule has 0 aromatic rings. The summed E-state index contributed by atoms with van der Waals surface area (Å²) in [6, 6.07) is 0. The normalized spacial score (nSPS) is 34.2. The number of ether oxygens (including phenoxy) is 1. The van der Waals surface area contributed by atoms with Crippen LogP contribution >= 0.6 is 11.8 Å². The Morgan fingerprint density at radius 3 is 2.82 bits per heavy atom. The fourth-order valence-electron chi connectivity index (χ4n) is 2.74. The molecule has 0 bridgehead atoms. The van der Waals surface area contributed by atoms with E-state index in [4.69, 9.17) is 4.74 Å². The number of hydrogen-bond acceptors (Lipinski definition) is 3. The minimum absolute atomic E-state index is 0.117. The van der Waals surface area contributed by atoms with Crippen molar-refractivity contribution in [2.45, 2.75) is 52.1 Å². The monoisotopic (exact) mass is 256 g/mol. The molecule has 2 aliphatic rings. The molecule has 2 rings (SSSR count). The standard InChI is InChI=1S/C14H24O2S/c1-13(2,3)12(15)8-11-4-6-16-14(9-11)5-7-17-10-14/h11H,4-10H2,1-3H3. The van der Waals surface area contributed by atoms with Crippen molar-refractivity contribution >= 4 is 17.5 Å². The van der Waals surface area contributed by atoms with Gasteiger partial charge in [0.15, 0.2) is 0 Å². The SMILES string of the molecule is CC(C)(C)C(=O)CC1CCOC2(CCSC2)C1. The fraction of sp³-hybridized carbons (Fsp3) is 0.929. The lowest BCUT2D eigenvalue weighted by molar-refractivity contribution is -0.130. The van der Waals surface area contributed by atoms with E-state index in [0.717, 1.165) is 31.6 Å². The highest BCUT2D eigenvalue weighted by Crippen LogP contribution is 2.41. The van der Waals surface area contributed by atoms with E-state index in [2.05, 4.69) is 0 Å². The maximum atomic E-state index is 12.1. The minimum atomic E-state index is -0.185. The third kappa shape index (κ3) is 3.25. The first-order chi connectivity index (χ1) is 7.91. The molecule has 3 heteroatoms. The molecule has 98 valence electrons. The summed E-state index contributed by atoms with van der Waals surface area (Å²) in [5.74, 6) is 3.31. The van der Waals surface area contributed by atoms with Crippen molar-refractivity contribution in [3.63, 3.8) is 0 Å². The predicted molar refractivity (Wildman–Crippen MR) is 72.4 cm³/mol. The molecule has 2 saturated heterocycles. The molecule has 2 aliphatic heterocycles. The van der Waals surface area contributed by atoms with Gasteiger partial charge in [-0.25, -0.2) is 0 Å². The average molecular weight is 256 g/mol. The number of thioether (sulfide) groups is 1. The van der Waals surface area contributed by atoms with Crippen LogP contribution < -0.4 is 0 Å². The highest BCUT2D eigenvalue weighted by Gasteiger charge is 2.41. The van der Waals surface area contributed by atoms with E-state index in [-0.39, 0.29) is 11.0 Å². The third-order valence-electron chi connectivity index (χ3n) is 3.97. The van der Waals surface area contributed by atoms with E-state index in [1.165, 1.54) is 12.2 Å². The van der Waals surface area contributed by atoms with Crippen LogP contribution in [-0.2, 0) is 9.53 Å². The lowest BCUT2D eigenvalue weighted by atomic mass is 9.78. The van der Waals surface area contributed by atoms with Crippen molar-refractivity contribution < 1.29 is 9.53 Å². The van der Waals surface area contributed by atoms with Crippen molar-refractivity contribution in [2.24, 2.45) is 11.3 Å². The molecule has 0 amide bonds. The summed E-state index contributed by atoms with van der Waals surface area (Å²) in [7, 11) is 0. The van der Waals surface area contributed by atoms with Crippen LogP contribution in [0.1, 0.15) is 46.5 Å². The van der Waals surface area contributed by atoms with Crippen molar-refractivity contribution in [1.82, 2.24) is 0 Å². The van der Waals surface area contributed by atoms with Crippen LogP contribution in [0.25, 0.3) is 0 Å². The summed E-state index contributed by atoms with van der Waals surface area (Å²) in [6.45, 7) is 6.92. The van der Waals surface area contributed by atoms with Crippen LogP contribution in [0.2, 0.25) is 0 Å². The zero-order chi connectivity index (χ0) is 12.5. The Morgan fingerprint density at radius 2 is 2.24 bits per heavy atom. The van der Waals surface area contributed by atoms with Crippen LogP contribution in [-0.4, -0.2) is 29.5 Å². The predicted octanol–water partition coefficient (Wildman–Crippen LogP) is 3.29. The first-order valence-corrected chi connectivity index (χ1v) is 7.82. The van der Waals surface area contributed by atoms with Crippen LogP contribution in [0.4, 0.5) is 0 Å². The molecular formula is C14H24O2S. The van der Waals surface area contributed by atoms with Gasteiger partial charge in [-0.3, -0.25) is 4.79 Å². The van der Waals surface area contributed by atoms with Gasteiger partial charge < -0.3 is 4.74 Å². The number of rotatable bonds is 2. The maximum absolute atomic E-state index is 12.1. The number of hydrogen-bond donors (Lipinski definition) is 0. The largest absolute Gasteiger partial charge is 0.374 e. The molecule has 0 saturated carbocycles. The fourth-order valence-corrected chi connectivity index (χ4v) is 4.11. The summed E-state index contributed by atoms with van der Waals surface area (Å²) < 4.78 is 5.99. The van der Waals surface area contributed by atoms with E-state index < -0.39 is 0 Å². The summed E-state index contributed by atoms with van der Waals surface area (Å²) in [5.41, 5.74) is -0.0678. The second-order valence-electron chi connectivity index (χ2n) is 6.57. The second-order valence-corrected chi connectivity index (χ2v) is 7.68. The van der Waals surface area contributed by atoms with Gasteiger partial charge in [-0.05, 0) is 30.9 Å². The van der Waals surface area contributed by atoms with E-state index in [0.29, 0.717) is 11.7 Å². The molecule has 2 unspecified atom stereocenters. The Labute approximate surface area is 109 Å². The van der Waals surface area contributed by atoms with Gasteiger partial charge in [-0.15, -0.1) is 0 Å². The van der Waals surface area contributed by atoms with Crippen molar-refractivity contribution in [3.05, 3.63) is 0 Å². The topological polar surface area (TPSA) is 26.3 Å². The number of ketones is 1. The molecule has 2 atom stereocenters. The van der Waals surface area contributed by atoms with Crippen molar-refractivity contribution in [1.29, 1.82) is 0 Å². The van der Waals surface area contributed by atoms with E-state index in [9.17, 15) is 4.79 Å². The molecule has 0 aliphatic carbocycles. The number of carbonyl (C=O) groups excluding carboxylic acids is 1. The lowest BCUT2D eigenvalue weighted by Gasteiger charge is -2.38. The minimum Gasteiger partial charge on any atom is -0.374 e. The summed E-state index contributed by atoms with van der Waals surface area (Å²) >= 11 is 2.00. The van der Waals surface area contributed by atoms with Gasteiger partial charge in [0.05, 0.1) is 5.60 Å². The maximum Gasteiger partial charge on any atom is 0.138 e. The van der Waals surface area contributed by atoms with Gasteiger partial charge in [0.2, 0.25) is 0 Å². The molecule has 17 heavy (non-hydrogen) atoms. The first-order valence-electron chi connectivity index (χ1n) is 6.66. The average Bonchev–Trinajstić information content (AvgIpc) is 2.65. The summed E-state index contributed by atoms with van der Waals surface area (Å²) in [4.78, 5) is 12.1. The van der Waals surface area contributed by atoms with Crippen molar-refractivity contribution in [2.75, 3.05) is 18.1 Å². The molecule has 0 aromatic carbocycles. The van der Waals surface area contributed by atoms with Crippen LogP contribution in [0.15, 0.2) is 0 Å². The first kappa shape index (κ1) is 13.4. The Balaban J connectivity index is 1.92. The van der Waals surface area contributed by atoms with Gasteiger partial charge >= 0.3 is 0 Å². The van der Waals surface area contributed by atoms with Gasteiger partial charge in [0.1, 0.15) is 5.78 Å². The Morgan fingerprint density at radius 1 is 1.47 bits per heavy atom. The highest BCUT2D eigenvalue weighted by molar-refractivity contribution is 7.99. The zero-order valence-electron chi connectivity index (χ0n) is 11.3. The quantitative estimate of drug-likeness (QED) is 0.758. The molecule has 2 heterocycles. The van der Waals surface area contributed by atoms with Gasteiger partial charge in [0, 0.05) is 24.2 Å². The third-order valence-corrected chi connectivity index (χ3v) is 5.20. The Kier molecular flexibility index (Phi) is 3.89. The van der Waals surface area contributed by atoms with Crippen LogP contribution in [0.3, 0.4) is 0 Å². The molecule has 0 aromatic heterocycles. The molecular weight excluding hydrogens is 232 g/mol. The van der Waals surface area contributed by atoms with Gasteiger partial charge in [0.25, 0.3) is 0 Å². The lowest BCUT2D eigenvalue weighted by Crippen LogP contribution is -2.41. The molecule has 0 radical (unpaired) electrons. The highest BCUT2D eigenvalue weighted by atomic mass is 32.2. The zero-order valence-corrected chi connectivity index (χ0v) is 12.1. The van der Waals surface area contributed by atoms with E-state index in [1.807, 2.05) is 32.5 Å². The van der Waals surface area contributed by atoms with Crippen LogP contribution in [0, 0.1) is 11.3 Å². The molecule has 2 nitrogen and oxygen atoms in total. The number of Topliss-reactive ketones (excluding diaryl/α,β-unsaturated/α-hetero) is 1. The molecule has 1 spiro atoms. The van der Waals surface area contributed by atoms with Crippen molar-refractivity contribution in [3.8, 4) is 0 Å². The smallest absolute Gasteiger partial charge is 0.138 e. The summed E-state index contributed by atoms with van der Waals surface area (Å²) in [5, 5.41) is 0. The second kappa shape index (κ2) is 4.93. The molecule has 2 fully saturated rings. The Bertz CT molecular complexity index is 287. The number of carbonyl (C=O) groups is 1. The van der Waals surface area contributed by atoms with Gasteiger partial charge in [-0.1, -0.05) is 20.8 Å². The Hall–Kier alpha value is -0.0200. The van der Waals surface area contributed by atoms with E-state index >= 15 is 0 Å². The van der Waals surface area contributed by atoms with Gasteiger partial charge in [-0.2, -0.15) is 11.8 Å². The van der Waals surface area contributed by atoms with E-state index in [1.54, 1.807) is 0 Å².